The summed E-state index contributed by atoms with van der Waals surface area (Å²) in [7, 11) is -3.60. The zero-order chi connectivity index (χ0) is 20.3. The summed E-state index contributed by atoms with van der Waals surface area (Å²) < 4.78 is 32.9. The first-order valence-electron chi connectivity index (χ1n) is 9.33. The van der Waals surface area contributed by atoms with Gasteiger partial charge in [0.1, 0.15) is 5.75 Å². The Kier molecular flexibility index (Phi) is 5.46. The number of hydrogen-bond acceptors (Lipinski definition) is 5. The lowest BCUT2D eigenvalue weighted by Crippen LogP contribution is -2.51. The van der Waals surface area contributed by atoms with Gasteiger partial charge in [-0.05, 0) is 35.0 Å². The van der Waals surface area contributed by atoms with Crippen molar-refractivity contribution in [3.8, 4) is 5.75 Å². The first kappa shape index (κ1) is 19.4. The molecule has 0 saturated carbocycles. The molecule has 2 aromatic carbocycles. The standard InChI is InChI=1S/C21H21N3O4S/c25-21(16-28-19-6-3-9-22-15-19)23-10-12-24(13-11-23)29(26,27)20-8-7-17-4-1-2-5-18(17)14-20/h1-9,14-15H,10-13,16H2. The van der Waals surface area contributed by atoms with Crippen molar-refractivity contribution in [1.29, 1.82) is 0 Å². The number of sulfonamides is 1. The summed E-state index contributed by atoms with van der Waals surface area (Å²) in [6, 6.07) is 16.3. The second-order valence-electron chi connectivity index (χ2n) is 6.77. The molecule has 8 heteroatoms. The number of rotatable bonds is 5. The molecule has 1 aromatic heterocycles. The van der Waals surface area contributed by atoms with Gasteiger partial charge in [-0.2, -0.15) is 4.31 Å². The molecule has 2 heterocycles. The molecule has 1 amide bonds. The molecule has 0 spiro atoms. The molecule has 0 N–H and O–H groups in total. The van der Waals surface area contributed by atoms with E-state index in [1.165, 1.54) is 4.31 Å². The monoisotopic (exact) mass is 411 g/mol. The Labute approximate surface area is 169 Å². The van der Waals surface area contributed by atoms with Crippen LogP contribution in [0.5, 0.6) is 5.75 Å². The SMILES string of the molecule is O=C(COc1cccnc1)N1CCN(S(=O)(=O)c2ccc3ccccc3c2)CC1. The number of piperazine rings is 1. The Morgan fingerprint density at radius 2 is 1.72 bits per heavy atom. The van der Waals surface area contributed by atoms with Crippen LogP contribution in [0.4, 0.5) is 0 Å². The number of fused-ring (bicyclic) bond motifs is 1. The molecule has 29 heavy (non-hydrogen) atoms. The van der Waals surface area contributed by atoms with Crippen LogP contribution in [0.3, 0.4) is 0 Å². The van der Waals surface area contributed by atoms with E-state index in [0.29, 0.717) is 18.8 Å². The van der Waals surface area contributed by atoms with Crippen LogP contribution in [0.15, 0.2) is 71.9 Å². The molecule has 3 aromatic rings. The fraction of sp³-hybridized carbons (Fsp3) is 0.238. The van der Waals surface area contributed by atoms with E-state index in [-0.39, 0.29) is 30.5 Å². The minimum Gasteiger partial charge on any atom is -0.482 e. The van der Waals surface area contributed by atoms with E-state index in [2.05, 4.69) is 4.98 Å². The first-order chi connectivity index (χ1) is 14.0. The molecule has 1 fully saturated rings. The van der Waals surface area contributed by atoms with Gasteiger partial charge in [-0.25, -0.2) is 8.42 Å². The minimum atomic E-state index is -3.60. The topological polar surface area (TPSA) is 79.8 Å². The summed E-state index contributed by atoms with van der Waals surface area (Å²) in [4.78, 5) is 18.2. The number of pyridine rings is 1. The Morgan fingerprint density at radius 1 is 0.966 bits per heavy atom. The van der Waals surface area contributed by atoms with Crippen molar-refractivity contribution in [2.24, 2.45) is 0 Å². The second kappa shape index (κ2) is 8.18. The Balaban J connectivity index is 1.38. The zero-order valence-corrected chi connectivity index (χ0v) is 16.6. The fourth-order valence-electron chi connectivity index (χ4n) is 3.32. The van der Waals surface area contributed by atoms with Crippen LogP contribution < -0.4 is 4.74 Å². The summed E-state index contributed by atoms with van der Waals surface area (Å²) in [6.45, 7) is 1.09. The van der Waals surface area contributed by atoms with Gasteiger partial charge in [0.15, 0.2) is 6.61 Å². The maximum absolute atomic E-state index is 13.0. The molecule has 7 nitrogen and oxygen atoms in total. The van der Waals surface area contributed by atoms with E-state index >= 15 is 0 Å². The van der Waals surface area contributed by atoms with Crippen LogP contribution >= 0.6 is 0 Å². The highest BCUT2D eigenvalue weighted by atomic mass is 32.2. The van der Waals surface area contributed by atoms with Crippen LogP contribution in [0.25, 0.3) is 10.8 Å². The highest BCUT2D eigenvalue weighted by Crippen LogP contribution is 2.23. The van der Waals surface area contributed by atoms with Gasteiger partial charge < -0.3 is 9.64 Å². The van der Waals surface area contributed by atoms with E-state index in [1.807, 2.05) is 30.3 Å². The van der Waals surface area contributed by atoms with Gasteiger partial charge in [-0.3, -0.25) is 9.78 Å². The van der Waals surface area contributed by atoms with Crippen LogP contribution in [0.2, 0.25) is 0 Å². The molecule has 0 radical (unpaired) electrons. The number of amides is 1. The quantitative estimate of drug-likeness (QED) is 0.643. The Hall–Kier alpha value is -2.97. The van der Waals surface area contributed by atoms with Crippen LogP contribution in [-0.4, -0.2) is 61.3 Å². The third kappa shape index (κ3) is 4.23. The predicted octanol–water partition coefficient (Wildman–Crippen LogP) is 2.15. The fourth-order valence-corrected chi connectivity index (χ4v) is 4.78. The highest BCUT2D eigenvalue weighted by molar-refractivity contribution is 7.89. The van der Waals surface area contributed by atoms with Crippen molar-refractivity contribution in [2.45, 2.75) is 4.90 Å². The lowest BCUT2D eigenvalue weighted by Gasteiger charge is -2.34. The molecule has 1 aliphatic heterocycles. The van der Waals surface area contributed by atoms with E-state index in [0.717, 1.165) is 10.8 Å². The average molecular weight is 411 g/mol. The van der Waals surface area contributed by atoms with E-state index < -0.39 is 10.0 Å². The normalized spacial score (nSPS) is 15.4. The van der Waals surface area contributed by atoms with Crippen molar-refractivity contribution in [1.82, 2.24) is 14.2 Å². The zero-order valence-electron chi connectivity index (χ0n) is 15.8. The molecule has 0 atom stereocenters. The Bertz CT molecular complexity index is 1110. The number of ether oxygens (including phenoxy) is 1. The van der Waals surface area contributed by atoms with Gasteiger partial charge in [0, 0.05) is 32.4 Å². The van der Waals surface area contributed by atoms with Crippen molar-refractivity contribution < 1.29 is 17.9 Å². The molecule has 0 aliphatic carbocycles. The van der Waals surface area contributed by atoms with Crippen LogP contribution in [0.1, 0.15) is 0 Å². The summed E-state index contributed by atoms with van der Waals surface area (Å²) in [5.74, 6) is 0.356. The second-order valence-corrected chi connectivity index (χ2v) is 8.71. The van der Waals surface area contributed by atoms with Crippen molar-refractivity contribution in [3.63, 3.8) is 0 Å². The molecule has 1 aliphatic rings. The molecular weight excluding hydrogens is 390 g/mol. The summed E-state index contributed by atoms with van der Waals surface area (Å²) in [5.41, 5.74) is 0. The number of aromatic nitrogens is 1. The van der Waals surface area contributed by atoms with E-state index in [9.17, 15) is 13.2 Å². The third-order valence-electron chi connectivity index (χ3n) is 4.95. The van der Waals surface area contributed by atoms with Crippen LogP contribution in [0, 0.1) is 0 Å². The van der Waals surface area contributed by atoms with E-state index in [1.54, 1.807) is 41.6 Å². The lowest BCUT2D eigenvalue weighted by atomic mass is 10.1. The van der Waals surface area contributed by atoms with Crippen molar-refractivity contribution in [3.05, 3.63) is 67.0 Å². The van der Waals surface area contributed by atoms with E-state index in [4.69, 9.17) is 4.74 Å². The molecule has 4 rings (SSSR count). The maximum atomic E-state index is 13.0. The molecule has 0 unspecified atom stereocenters. The summed E-state index contributed by atoms with van der Waals surface area (Å²) in [6.07, 6.45) is 3.17. The van der Waals surface area contributed by atoms with Gasteiger partial charge in [-0.15, -0.1) is 0 Å². The molecule has 0 bridgehead atoms. The Morgan fingerprint density at radius 3 is 2.45 bits per heavy atom. The van der Waals surface area contributed by atoms with Gasteiger partial charge in [0.2, 0.25) is 10.0 Å². The first-order valence-corrected chi connectivity index (χ1v) is 10.8. The number of carbonyl (C=O) groups is 1. The van der Waals surface area contributed by atoms with Crippen LogP contribution in [-0.2, 0) is 14.8 Å². The smallest absolute Gasteiger partial charge is 0.260 e. The minimum absolute atomic E-state index is 0.0941. The maximum Gasteiger partial charge on any atom is 0.260 e. The van der Waals surface area contributed by atoms with Crippen molar-refractivity contribution in [2.75, 3.05) is 32.8 Å². The van der Waals surface area contributed by atoms with Gasteiger partial charge in [0.05, 0.1) is 11.1 Å². The molecule has 1 saturated heterocycles. The number of hydrogen-bond donors (Lipinski definition) is 0. The summed E-state index contributed by atoms with van der Waals surface area (Å²) in [5, 5.41) is 1.88. The third-order valence-corrected chi connectivity index (χ3v) is 6.84. The lowest BCUT2D eigenvalue weighted by molar-refractivity contribution is -0.134. The average Bonchev–Trinajstić information content (AvgIpc) is 2.78. The summed E-state index contributed by atoms with van der Waals surface area (Å²) >= 11 is 0. The number of carbonyl (C=O) groups excluding carboxylic acids is 1. The highest BCUT2D eigenvalue weighted by Gasteiger charge is 2.30. The van der Waals surface area contributed by atoms with Crippen molar-refractivity contribution >= 4 is 26.7 Å². The number of nitrogens with zero attached hydrogens (tertiary/aromatic N) is 3. The molecular formula is C21H21N3O4S. The largest absolute Gasteiger partial charge is 0.482 e. The van der Waals surface area contributed by atoms with Gasteiger partial charge in [0.25, 0.3) is 5.91 Å². The van der Waals surface area contributed by atoms with Gasteiger partial charge >= 0.3 is 0 Å². The van der Waals surface area contributed by atoms with Gasteiger partial charge in [-0.1, -0.05) is 30.3 Å². The molecule has 150 valence electrons. The number of benzene rings is 2. The predicted molar refractivity (Wildman–Crippen MR) is 109 cm³/mol.